The molecule has 4 fully saturated rings. The van der Waals surface area contributed by atoms with E-state index in [0.29, 0.717) is 11.3 Å². The minimum absolute atomic E-state index is 0.0553. The van der Waals surface area contributed by atoms with Crippen molar-refractivity contribution in [1.29, 1.82) is 0 Å². The van der Waals surface area contributed by atoms with Crippen molar-refractivity contribution in [3.05, 3.63) is 141 Å². The second-order valence-corrected chi connectivity index (χ2v) is 31.0. The third-order valence-corrected chi connectivity index (χ3v) is 20.7. The molecule has 582 valence electrons. The van der Waals surface area contributed by atoms with Crippen LogP contribution in [-0.2, 0) is 36.6 Å². The van der Waals surface area contributed by atoms with E-state index in [1.165, 1.54) is 79.7 Å². The minimum Gasteiger partial charge on any atom is -0.447 e. The van der Waals surface area contributed by atoms with Crippen molar-refractivity contribution in [3.8, 4) is 45.4 Å². The zero-order valence-corrected chi connectivity index (χ0v) is 60.4. The van der Waals surface area contributed by atoms with Crippen LogP contribution in [0.4, 0.5) is 62.3 Å². The van der Waals surface area contributed by atoms with Crippen LogP contribution in [0.3, 0.4) is 0 Å². The Bertz CT molecular complexity index is 5040. The number of nitrogens with one attached hydrogen (secondary N) is 2. The first kappa shape index (κ1) is 76.4. The zero-order valence-electron chi connectivity index (χ0n) is 58.9. The summed E-state index contributed by atoms with van der Waals surface area (Å²) in [5.74, 6) is -7.04. The topological polar surface area (TPSA) is 317 Å². The number of rotatable bonds is 25. The Labute approximate surface area is 626 Å². The maximum Gasteiger partial charge on any atom is 0.411 e. The Hall–Kier alpha value is -10.4. The maximum absolute atomic E-state index is 17.7. The number of guanidine groups is 2. The molecule has 2 aliphatic heterocycles. The van der Waals surface area contributed by atoms with Gasteiger partial charge in [-0.05, 0) is 123 Å². The first-order chi connectivity index (χ1) is 51.7. The monoisotopic (exact) mass is 1580 g/mol. The molecule has 4 amide bonds. The normalized spacial score (nSPS) is 20.3. The van der Waals surface area contributed by atoms with Crippen molar-refractivity contribution < 1.29 is 81.3 Å². The third-order valence-electron chi connectivity index (χ3n) is 20.1. The second kappa shape index (κ2) is 27.6. The largest absolute Gasteiger partial charge is 0.447 e. The van der Waals surface area contributed by atoms with Gasteiger partial charge in [0.15, 0.2) is 46.3 Å². The third kappa shape index (κ3) is 14.5. The van der Waals surface area contributed by atoms with Crippen molar-refractivity contribution >= 4 is 59.1 Å². The molecule has 40 heteroatoms. The highest BCUT2D eigenvalue weighted by Crippen LogP contribution is 2.53. The average molecular weight is 1580 g/mol. The molecule has 0 bridgehead atoms. The number of aliphatic imine (C=N–C) groups is 2. The van der Waals surface area contributed by atoms with Crippen molar-refractivity contribution in [1.82, 2.24) is 79.7 Å². The number of benzene rings is 4. The molecule has 0 spiro atoms. The van der Waals surface area contributed by atoms with Crippen LogP contribution in [0.1, 0.15) is 164 Å². The highest BCUT2D eigenvalue weighted by atomic mass is 35.5. The lowest BCUT2D eigenvalue weighted by Gasteiger charge is -2.36. The summed E-state index contributed by atoms with van der Waals surface area (Å²) in [7, 11) is 0. The van der Waals surface area contributed by atoms with Gasteiger partial charge in [0.1, 0.15) is 54.3 Å². The van der Waals surface area contributed by atoms with Crippen LogP contribution in [0.25, 0.3) is 45.4 Å². The summed E-state index contributed by atoms with van der Waals surface area (Å²) >= 11 is 13.5. The van der Waals surface area contributed by atoms with Crippen LogP contribution in [0.2, 0.25) is 10.0 Å². The van der Waals surface area contributed by atoms with Gasteiger partial charge in [-0.25, -0.2) is 48.0 Å². The molecule has 8 aromatic rings. The summed E-state index contributed by atoms with van der Waals surface area (Å²) in [4.78, 5) is 84.2. The molecule has 6 heterocycles. The van der Waals surface area contributed by atoms with Gasteiger partial charge in [0.05, 0.1) is 40.4 Å². The highest BCUT2D eigenvalue weighted by molar-refractivity contribution is 6.33. The minimum atomic E-state index is -4.93. The molecule has 6 aliphatic rings. The van der Waals surface area contributed by atoms with E-state index in [-0.39, 0.29) is 77.1 Å². The predicted molar refractivity (Wildman–Crippen MR) is 368 cm³/mol. The number of hydrogen-bond donors (Lipinski definition) is 4. The van der Waals surface area contributed by atoms with Gasteiger partial charge in [-0.15, -0.1) is 0 Å². The van der Waals surface area contributed by atoms with Gasteiger partial charge in [-0.1, -0.05) is 94.2 Å². The number of nitrogens with two attached hydrogens (primary N) is 2. The fourth-order valence-corrected chi connectivity index (χ4v) is 14.6. The smallest absolute Gasteiger partial charge is 0.411 e. The van der Waals surface area contributed by atoms with Gasteiger partial charge in [0.2, 0.25) is 0 Å². The Morgan fingerprint density at radius 2 is 1.12 bits per heavy atom. The number of alkyl carbamates (subject to hydrolysis) is 2. The van der Waals surface area contributed by atoms with E-state index in [0.717, 1.165) is 66.1 Å². The van der Waals surface area contributed by atoms with Crippen molar-refractivity contribution in [3.63, 3.8) is 0 Å². The van der Waals surface area contributed by atoms with E-state index in [1.54, 1.807) is 25.5 Å². The van der Waals surface area contributed by atoms with Gasteiger partial charge in [0.25, 0.3) is 11.8 Å². The van der Waals surface area contributed by atoms with Crippen molar-refractivity contribution in [2.45, 2.75) is 177 Å². The maximum atomic E-state index is 17.7. The Morgan fingerprint density at radius 1 is 0.618 bits per heavy atom. The van der Waals surface area contributed by atoms with E-state index in [4.69, 9.17) is 44.1 Å². The molecule has 0 unspecified atom stereocenters. The molecule has 4 aliphatic carbocycles. The molecular weight excluding hydrogens is 1520 g/mol. The number of halogens is 14. The molecule has 26 nitrogen and oxygen atoms in total. The van der Waals surface area contributed by atoms with E-state index < -0.39 is 193 Å². The van der Waals surface area contributed by atoms with Crippen LogP contribution in [0.5, 0.6) is 0 Å². The molecule has 0 radical (unpaired) electrons. The molecular formula is C70H68Cl2F12N20O6. The standard InChI is InChI=1S/C70H68Cl2F12N20O6/c1-63(2,3)30-67(42-14-6-34(24-46(42)73)48-27-89-104(96-48)39-12-13-39)55(105)100(59(85)92-67)50(29-110-62(108)95-66(20-21-66)70(82,83)84)36-9-17-45(72)41(23-36)54-91-51(97-103(54)58(77)78)26-64(4,5)31-68(43-15-7-37(25-47(43)74)52-88-33-99(98-52)38-10-11-38)56(106)101(60(86)93-68)49(28-109-61(107)94-65(18-19-65)69(79,80)81)35-8-16-44(71)40(22-35)53-87-32-90-102(53)57(75)76/h6-9,14-17,22-25,27,32-33,38-39,49-50,57-58H,10-13,18-21,26,28-31H2,1-5H3,(H2,85,92)(H2,86,93)(H,94,107)(H,95,108)/t49-,50-,67-,68-/m1/s1. The molecule has 6 N–H and O–H groups in total. The molecule has 14 rings (SSSR count). The first-order valence-electron chi connectivity index (χ1n) is 34.6. The number of aromatic nitrogens is 12. The van der Waals surface area contributed by atoms with Crippen molar-refractivity contribution in [2.24, 2.45) is 32.3 Å². The van der Waals surface area contributed by atoms with Crippen LogP contribution in [-0.4, -0.2) is 142 Å². The average Bonchev–Trinajstić information content (AvgIpc) is 1.56. The second-order valence-electron chi connectivity index (χ2n) is 30.2. The van der Waals surface area contributed by atoms with Gasteiger partial charge in [-0.2, -0.15) is 83.6 Å². The summed E-state index contributed by atoms with van der Waals surface area (Å²) in [5.41, 5.74) is 0.238. The summed E-state index contributed by atoms with van der Waals surface area (Å²) in [6.07, 6.45) is -9.36. The number of ether oxygens (including phenoxy) is 2. The van der Waals surface area contributed by atoms with E-state index >= 15 is 27.2 Å². The fraction of sp³-hybridized carbons (Fsp3) is 0.457. The SMILES string of the molecule is CC(C)(C)C[C@]1(c2ccc(-c3cnn(C4CC4)n3)cc2F)N=C(N)N([C@H](COC(=O)NC2(C(F)(F)F)CC2)c2ccc(Cl)c(-c3nc(CC(C)(C)C[C@]4(c5ccc(-c6ncn(C7CC7)n6)cc5F)N=C(N)N([C@H](COC(=O)NC5(C(F)(F)F)CC5)c5ccc(Cl)c(-c6ncnn6C(F)F)c5)C4=O)nn3C(F)F)c2)C1=O. The number of amides is 4. The lowest BCUT2D eigenvalue weighted by atomic mass is 9.72. The number of alkyl halides is 10. The molecule has 4 atom stereocenters. The lowest BCUT2D eigenvalue weighted by molar-refractivity contribution is -0.164. The summed E-state index contributed by atoms with van der Waals surface area (Å²) in [6.45, 7) is -0.680. The van der Waals surface area contributed by atoms with Crippen LogP contribution in [0, 0.1) is 22.5 Å². The van der Waals surface area contributed by atoms with Crippen LogP contribution < -0.4 is 22.1 Å². The molecule has 0 saturated heterocycles. The number of hydrogen-bond acceptors (Lipinski definition) is 18. The van der Waals surface area contributed by atoms with Crippen LogP contribution in [0.15, 0.2) is 102 Å². The van der Waals surface area contributed by atoms with Gasteiger partial charge >= 0.3 is 37.6 Å². The number of nitrogens with zero attached hydrogens (tertiary/aromatic N) is 16. The summed E-state index contributed by atoms with van der Waals surface area (Å²) in [5, 5.41) is 24.2. The van der Waals surface area contributed by atoms with E-state index in [1.807, 2.05) is 10.6 Å². The Balaban J connectivity index is 0.823. The fourth-order valence-electron chi connectivity index (χ4n) is 14.1. The first-order valence-corrected chi connectivity index (χ1v) is 35.3. The van der Waals surface area contributed by atoms with E-state index in [9.17, 15) is 44.7 Å². The lowest BCUT2D eigenvalue weighted by Crippen LogP contribution is -2.50. The molecule has 4 saturated carbocycles. The molecule has 4 aromatic carbocycles. The Kier molecular flexibility index (Phi) is 19.1. The predicted octanol–water partition coefficient (Wildman–Crippen LogP) is 13.7. The summed E-state index contributed by atoms with van der Waals surface area (Å²) < 4.78 is 194. The molecule has 4 aromatic heterocycles. The zero-order chi connectivity index (χ0) is 78.9. The number of carbonyl (C=O) groups excluding carboxylic acids is 4. The quantitative estimate of drug-likeness (QED) is 0.0386. The number of carbonyl (C=O) groups is 4. The van der Waals surface area contributed by atoms with Gasteiger partial charge in [0, 0.05) is 39.8 Å². The summed E-state index contributed by atoms with van der Waals surface area (Å²) in [6, 6.07) is 11.4. The van der Waals surface area contributed by atoms with Gasteiger partial charge in [-0.3, -0.25) is 19.4 Å². The van der Waals surface area contributed by atoms with Gasteiger partial charge < -0.3 is 31.6 Å². The van der Waals surface area contributed by atoms with Crippen LogP contribution >= 0.6 is 23.2 Å². The van der Waals surface area contributed by atoms with Crippen molar-refractivity contribution in [2.75, 3.05) is 13.2 Å². The highest BCUT2D eigenvalue weighted by Gasteiger charge is 2.66. The Morgan fingerprint density at radius 3 is 1.60 bits per heavy atom. The molecule has 110 heavy (non-hydrogen) atoms. The van der Waals surface area contributed by atoms with E-state index in [2.05, 4.69) is 50.4 Å².